The summed E-state index contributed by atoms with van der Waals surface area (Å²) < 4.78 is 10.7. The number of nitrogen functional groups attached to an aromatic ring is 1. The molecule has 36 heavy (non-hydrogen) atoms. The van der Waals surface area contributed by atoms with Gasteiger partial charge in [-0.1, -0.05) is 6.07 Å². The average molecular weight is 504 g/mol. The second kappa shape index (κ2) is 12.2. The highest BCUT2D eigenvalue weighted by Crippen LogP contribution is 2.13. The molecule has 0 unspecified atom stereocenters. The molecule has 0 atom stereocenters. The van der Waals surface area contributed by atoms with E-state index in [4.69, 9.17) is 15.2 Å². The Morgan fingerprint density at radius 1 is 1.03 bits per heavy atom. The highest BCUT2D eigenvalue weighted by molar-refractivity contribution is 5.92. The molecule has 0 saturated heterocycles. The van der Waals surface area contributed by atoms with Crippen molar-refractivity contribution in [1.29, 1.82) is 0 Å². The first-order valence-electron chi connectivity index (χ1n) is 11.7. The molecule has 5 N–H and O–H groups in total. The van der Waals surface area contributed by atoms with Gasteiger partial charge in [0.1, 0.15) is 22.7 Å². The number of carbonyl (C=O) groups is 3. The quantitative estimate of drug-likeness (QED) is 0.405. The minimum Gasteiger partial charge on any atom is -0.444 e. The molecular weight excluding hydrogens is 466 g/mol. The van der Waals surface area contributed by atoms with E-state index in [-0.39, 0.29) is 31.2 Å². The summed E-state index contributed by atoms with van der Waals surface area (Å²) in [5.74, 6) is 0.0399. The monoisotopic (exact) mass is 503 g/mol. The lowest BCUT2D eigenvalue weighted by Crippen LogP contribution is -2.42. The molecule has 2 rings (SSSR count). The Morgan fingerprint density at radius 3 is 2.33 bits per heavy atom. The number of nitrogens with one attached hydrogen (secondary N) is 3. The summed E-state index contributed by atoms with van der Waals surface area (Å²) in [4.78, 5) is 50.0. The van der Waals surface area contributed by atoms with Crippen LogP contribution in [0.5, 0.6) is 0 Å². The van der Waals surface area contributed by atoms with Crippen molar-refractivity contribution in [3.8, 4) is 0 Å². The lowest BCUT2D eigenvalue weighted by atomic mass is 10.2. The fraction of sp³-hybridized carbons (Fsp3) is 0.542. The third kappa shape index (κ3) is 10.2. The molecule has 0 aliphatic carbocycles. The number of pyridine rings is 1. The van der Waals surface area contributed by atoms with E-state index in [1.807, 2.05) is 0 Å². The van der Waals surface area contributed by atoms with E-state index in [9.17, 15) is 14.4 Å². The molecule has 2 heterocycles. The second-order valence-electron chi connectivity index (χ2n) is 10.1. The zero-order valence-corrected chi connectivity index (χ0v) is 21.8. The maximum Gasteiger partial charge on any atom is 0.410 e. The van der Waals surface area contributed by atoms with Crippen LogP contribution >= 0.6 is 0 Å². The minimum atomic E-state index is -0.707. The number of nitrogens with two attached hydrogens (primary N) is 1. The molecule has 0 radical (unpaired) electrons. The molecule has 0 aliphatic rings. The number of nitrogens with zero attached hydrogens (tertiary/aromatic N) is 3. The van der Waals surface area contributed by atoms with Gasteiger partial charge in [-0.25, -0.2) is 19.6 Å². The van der Waals surface area contributed by atoms with Crippen molar-refractivity contribution < 1.29 is 23.9 Å². The van der Waals surface area contributed by atoms with Gasteiger partial charge in [-0.2, -0.15) is 0 Å². The van der Waals surface area contributed by atoms with Gasteiger partial charge in [0.05, 0.1) is 24.3 Å². The van der Waals surface area contributed by atoms with E-state index in [1.165, 1.54) is 11.2 Å². The fourth-order valence-corrected chi connectivity index (χ4v) is 2.98. The molecule has 2 aromatic heterocycles. The van der Waals surface area contributed by atoms with Gasteiger partial charge in [-0.3, -0.25) is 4.79 Å². The molecule has 3 amide bonds. The molecule has 0 saturated carbocycles. The van der Waals surface area contributed by atoms with Crippen LogP contribution in [0.4, 0.5) is 15.4 Å². The first-order chi connectivity index (χ1) is 16.7. The molecule has 198 valence electrons. The van der Waals surface area contributed by atoms with Crippen LogP contribution in [-0.4, -0.2) is 68.8 Å². The number of H-pyrrole nitrogens is 1. The Balaban J connectivity index is 2.01. The number of imidazole rings is 1. The predicted octanol–water partition coefficient (Wildman–Crippen LogP) is 2.62. The largest absolute Gasteiger partial charge is 0.444 e. The number of aromatic nitrogens is 3. The topological polar surface area (TPSA) is 165 Å². The number of alkyl carbamates (subject to hydrolysis) is 1. The SMILES string of the molecule is CC(C)(C)OC(=O)NCCN(Cc1cccc(C(=O)NCCc2[nH]cnc2N)n1)C(=O)OC(C)(C)C. The second-order valence-corrected chi connectivity index (χ2v) is 10.1. The van der Waals surface area contributed by atoms with Crippen molar-refractivity contribution >= 4 is 23.9 Å². The van der Waals surface area contributed by atoms with Crippen LogP contribution in [0.2, 0.25) is 0 Å². The number of ether oxygens (including phenoxy) is 2. The first kappa shape index (κ1) is 28.4. The van der Waals surface area contributed by atoms with Gasteiger partial charge in [0.2, 0.25) is 0 Å². The molecular formula is C24H37N7O5. The summed E-state index contributed by atoms with van der Waals surface area (Å²) >= 11 is 0. The van der Waals surface area contributed by atoms with Gasteiger partial charge in [-0.05, 0) is 53.7 Å². The molecule has 2 aromatic rings. The van der Waals surface area contributed by atoms with Crippen molar-refractivity contribution in [1.82, 2.24) is 30.5 Å². The van der Waals surface area contributed by atoms with Crippen LogP contribution in [0.15, 0.2) is 24.5 Å². The third-order valence-electron chi connectivity index (χ3n) is 4.51. The highest BCUT2D eigenvalue weighted by Gasteiger charge is 2.23. The maximum atomic E-state index is 12.8. The highest BCUT2D eigenvalue weighted by atomic mass is 16.6. The van der Waals surface area contributed by atoms with Gasteiger partial charge < -0.3 is 35.7 Å². The van der Waals surface area contributed by atoms with Crippen LogP contribution in [0.3, 0.4) is 0 Å². The summed E-state index contributed by atoms with van der Waals surface area (Å²) in [6.45, 7) is 11.3. The zero-order valence-electron chi connectivity index (χ0n) is 21.8. The summed E-state index contributed by atoms with van der Waals surface area (Å²) in [6, 6.07) is 4.99. The van der Waals surface area contributed by atoms with Gasteiger partial charge in [0, 0.05) is 26.1 Å². The van der Waals surface area contributed by atoms with Crippen molar-refractivity contribution in [2.75, 3.05) is 25.4 Å². The van der Waals surface area contributed by atoms with E-state index >= 15 is 0 Å². The Hall–Kier alpha value is -3.83. The number of anilines is 1. The van der Waals surface area contributed by atoms with Crippen molar-refractivity contribution in [2.24, 2.45) is 0 Å². The Labute approximate surface area is 211 Å². The van der Waals surface area contributed by atoms with Crippen molar-refractivity contribution in [3.05, 3.63) is 41.6 Å². The Kier molecular flexibility index (Phi) is 9.65. The normalized spacial score (nSPS) is 11.5. The number of amides is 3. The summed E-state index contributed by atoms with van der Waals surface area (Å²) in [5.41, 5.74) is 5.83. The zero-order chi connectivity index (χ0) is 26.9. The van der Waals surface area contributed by atoms with Crippen LogP contribution < -0.4 is 16.4 Å². The number of carbonyl (C=O) groups excluding carboxylic acids is 3. The molecule has 12 heteroatoms. The third-order valence-corrected chi connectivity index (χ3v) is 4.51. The molecule has 0 spiro atoms. The molecule has 0 fully saturated rings. The number of hydrogen-bond acceptors (Lipinski definition) is 8. The summed E-state index contributed by atoms with van der Waals surface area (Å²) in [6.07, 6.45) is 0.841. The maximum absolute atomic E-state index is 12.8. The van der Waals surface area contributed by atoms with E-state index < -0.39 is 23.4 Å². The average Bonchev–Trinajstić information content (AvgIpc) is 3.15. The van der Waals surface area contributed by atoms with Crippen molar-refractivity contribution in [3.63, 3.8) is 0 Å². The van der Waals surface area contributed by atoms with Gasteiger partial charge >= 0.3 is 12.2 Å². The number of aromatic amines is 1. The minimum absolute atomic E-state index is 0.0801. The Morgan fingerprint density at radius 2 is 1.72 bits per heavy atom. The first-order valence-corrected chi connectivity index (χ1v) is 11.7. The fourth-order valence-electron chi connectivity index (χ4n) is 2.98. The van der Waals surface area contributed by atoms with Gasteiger partial charge in [-0.15, -0.1) is 0 Å². The van der Waals surface area contributed by atoms with Gasteiger partial charge in [0.25, 0.3) is 5.91 Å². The van der Waals surface area contributed by atoms with Crippen LogP contribution in [0.1, 0.15) is 63.4 Å². The predicted molar refractivity (Wildman–Crippen MR) is 134 cm³/mol. The smallest absolute Gasteiger partial charge is 0.410 e. The van der Waals surface area contributed by atoms with Crippen LogP contribution in [0.25, 0.3) is 0 Å². The lowest BCUT2D eigenvalue weighted by Gasteiger charge is -2.27. The lowest BCUT2D eigenvalue weighted by molar-refractivity contribution is 0.0222. The number of hydrogen-bond donors (Lipinski definition) is 4. The van der Waals surface area contributed by atoms with Crippen molar-refractivity contribution in [2.45, 2.75) is 65.7 Å². The van der Waals surface area contributed by atoms with E-state index in [1.54, 1.807) is 59.7 Å². The molecule has 12 nitrogen and oxygen atoms in total. The van der Waals surface area contributed by atoms with E-state index in [0.717, 1.165) is 5.69 Å². The summed E-state index contributed by atoms with van der Waals surface area (Å²) in [7, 11) is 0. The molecule has 0 bridgehead atoms. The Bertz CT molecular complexity index is 1040. The molecule has 0 aromatic carbocycles. The number of rotatable bonds is 9. The van der Waals surface area contributed by atoms with E-state index in [0.29, 0.717) is 24.5 Å². The van der Waals surface area contributed by atoms with Crippen LogP contribution in [0, 0.1) is 0 Å². The van der Waals surface area contributed by atoms with Gasteiger partial charge in [0.15, 0.2) is 0 Å². The molecule has 0 aliphatic heterocycles. The van der Waals surface area contributed by atoms with E-state index in [2.05, 4.69) is 25.6 Å². The van der Waals surface area contributed by atoms with Crippen LogP contribution in [-0.2, 0) is 22.4 Å². The summed E-state index contributed by atoms with van der Waals surface area (Å²) in [5, 5.41) is 5.42. The standard InChI is InChI=1S/C24H37N7O5/c1-23(2,3)35-21(33)27-12-13-31(22(34)36-24(4,5)6)14-16-8-7-9-18(30-16)20(32)26-11-10-17-19(25)29-15-28-17/h7-9,15H,10-14,25H2,1-6H3,(H,26,32)(H,27,33)(H,28,29).